The van der Waals surface area contributed by atoms with Gasteiger partial charge >= 0.3 is 12.6 Å². The molecule has 1 amide bonds. The number of hydrogen-bond acceptors (Lipinski definition) is 7. The average Bonchev–Trinajstić information content (AvgIpc) is 3.09. The molecule has 0 spiro atoms. The summed E-state index contributed by atoms with van der Waals surface area (Å²) in [5.41, 5.74) is 0.298. The number of thiophene rings is 1. The van der Waals surface area contributed by atoms with Crippen molar-refractivity contribution in [1.29, 1.82) is 5.26 Å². The lowest BCUT2D eigenvalue weighted by Gasteiger charge is -2.15. The third kappa shape index (κ3) is 5.40. The molecule has 0 aliphatic heterocycles. The summed E-state index contributed by atoms with van der Waals surface area (Å²) in [6.07, 6.45) is -1.16. The number of carbonyl (C=O) groups is 2. The summed E-state index contributed by atoms with van der Waals surface area (Å²) in [5, 5.41) is 13.5. The molecule has 7 nitrogen and oxygen atoms in total. The van der Waals surface area contributed by atoms with E-state index in [0.717, 1.165) is 17.4 Å². The number of carbonyl (C=O) groups excluding carboxylic acids is 2. The van der Waals surface area contributed by atoms with E-state index in [0.29, 0.717) is 10.6 Å². The molecule has 0 aliphatic rings. The maximum Gasteiger partial charge on any atom is 0.387 e. The lowest BCUT2D eigenvalue weighted by atomic mass is 10.2. The smallest absolute Gasteiger partial charge is 0.387 e. The van der Waals surface area contributed by atoms with Crippen LogP contribution >= 0.6 is 11.3 Å². The number of amides is 1. The van der Waals surface area contributed by atoms with Crippen molar-refractivity contribution in [3.63, 3.8) is 0 Å². The summed E-state index contributed by atoms with van der Waals surface area (Å²) in [5.74, 6) is -1.73. The number of benzene rings is 1. The van der Waals surface area contributed by atoms with E-state index in [-0.39, 0.29) is 23.7 Å². The van der Waals surface area contributed by atoms with Crippen LogP contribution in [-0.2, 0) is 9.53 Å². The maximum absolute atomic E-state index is 12.4. The first kappa shape index (κ1) is 21.1. The summed E-state index contributed by atoms with van der Waals surface area (Å²) >= 11 is 1.16. The van der Waals surface area contributed by atoms with Gasteiger partial charge in [-0.25, -0.2) is 4.79 Å². The molecule has 28 heavy (non-hydrogen) atoms. The molecular weight excluding hydrogens is 394 g/mol. The maximum atomic E-state index is 12.4. The van der Waals surface area contributed by atoms with E-state index >= 15 is 0 Å². The Morgan fingerprint density at radius 3 is 2.68 bits per heavy atom. The molecule has 0 aliphatic carbocycles. The second kappa shape index (κ2) is 9.66. The average molecular weight is 410 g/mol. The van der Waals surface area contributed by atoms with Gasteiger partial charge < -0.3 is 19.5 Å². The largest absolute Gasteiger partial charge is 0.490 e. The number of esters is 1. The van der Waals surface area contributed by atoms with Gasteiger partial charge in [0, 0.05) is 0 Å². The monoisotopic (exact) mass is 410 g/mol. The summed E-state index contributed by atoms with van der Waals surface area (Å²) in [6.45, 7) is 0.129. The van der Waals surface area contributed by atoms with Gasteiger partial charge in [0.2, 0.25) is 0 Å². The quantitative estimate of drug-likeness (QED) is 0.665. The topological polar surface area (TPSA) is 97.6 Å². The zero-order chi connectivity index (χ0) is 20.7. The number of halogens is 2. The molecule has 148 valence electrons. The fourth-order valence-corrected chi connectivity index (χ4v) is 2.83. The Morgan fingerprint density at radius 2 is 2.04 bits per heavy atom. The zero-order valence-corrected chi connectivity index (χ0v) is 15.7. The highest BCUT2D eigenvalue weighted by molar-refractivity contribution is 7.14. The fraction of sp³-hybridized carbons (Fsp3) is 0.278. The minimum Gasteiger partial charge on any atom is -0.490 e. The molecule has 2 aromatic rings. The van der Waals surface area contributed by atoms with Crippen molar-refractivity contribution in [3.05, 3.63) is 40.8 Å². The van der Waals surface area contributed by atoms with Crippen LogP contribution in [0.3, 0.4) is 0 Å². The Morgan fingerprint density at radius 1 is 1.29 bits per heavy atom. The van der Waals surface area contributed by atoms with Crippen molar-refractivity contribution in [2.45, 2.75) is 26.6 Å². The van der Waals surface area contributed by atoms with Gasteiger partial charge in [0.05, 0.1) is 17.7 Å². The van der Waals surface area contributed by atoms with E-state index in [4.69, 9.17) is 14.7 Å². The number of ether oxygens (including phenoxy) is 3. The summed E-state index contributed by atoms with van der Waals surface area (Å²) in [7, 11) is 0. The minimum absolute atomic E-state index is 0.00134. The van der Waals surface area contributed by atoms with Crippen LogP contribution in [0, 0.1) is 11.3 Å². The lowest BCUT2D eigenvalue weighted by molar-refractivity contribution is -0.123. The molecule has 0 saturated heterocycles. The SMILES string of the molecule is CCOc1cc(C(=O)O[C@H](C)C(=O)Nc2sccc2C#N)ccc1OC(F)F. The number of nitrogens with zero attached hydrogens (tertiary/aromatic N) is 1. The summed E-state index contributed by atoms with van der Waals surface area (Å²) in [4.78, 5) is 24.4. The van der Waals surface area contributed by atoms with Gasteiger partial charge in [-0.3, -0.25) is 4.79 Å². The molecule has 1 aromatic heterocycles. The van der Waals surface area contributed by atoms with Gasteiger partial charge in [0.25, 0.3) is 5.91 Å². The first-order chi connectivity index (χ1) is 13.3. The molecule has 0 fully saturated rings. The number of alkyl halides is 2. The van der Waals surface area contributed by atoms with Crippen LogP contribution < -0.4 is 14.8 Å². The Bertz CT molecular complexity index is 894. The van der Waals surface area contributed by atoms with E-state index in [1.165, 1.54) is 19.1 Å². The second-order valence-electron chi connectivity index (χ2n) is 5.29. The molecule has 1 heterocycles. The Labute approximate surface area is 163 Å². The van der Waals surface area contributed by atoms with Gasteiger partial charge in [0.1, 0.15) is 11.1 Å². The molecule has 1 atom stereocenters. The normalized spacial score (nSPS) is 11.4. The standard InChI is InChI=1S/C18H16F2N2O5S/c1-3-25-14-8-11(4-5-13(14)27-18(19)20)17(24)26-10(2)15(23)22-16-12(9-21)6-7-28-16/h4-8,10,18H,3H2,1-2H3,(H,22,23)/t10-/m1/s1. The fourth-order valence-electron chi connectivity index (χ4n) is 2.09. The van der Waals surface area contributed by atoms with E-state index in [1.807, 2.05) is 6.07 Å². The number of hydrogen-bond donors (Lipinski definition) is 1. The predicted octanol–water partition coefficient (Wildman–Crippen LogP) is 3.80. The van der Waals surface area contributed by atoms with Gasteiger partial charge in [-0.15, -0.1) is 11.3 Å². The van der Waals surface area contributed by atoms with E-state index in [9.17, 15) is 18.4 Å². The molecule has 1 aromatic carbocycles. The molecular formula is C18H16F2N2O5S. The van der Waals surface area contributed by atoms with Gasteiger partial charge in [-0.1, -0.05) is 0 Å². The van der Waals surface area contributed by atoms with Crippen molar-refractivity contribution in [2.75, 3.05) is 11.9 Å². The van der Waals surface area contributed by atoms with Crippen LogP contribution in [0.4, 0.5) is 13.8 Å². The van der Waals surface area contributed by atoms with E-state index in [1.54, 1.807) is 18.4 Å². The van der Waals surface area contributed by atoms with Crippen molar-refractivity contribution in [1.82, 2.24) is 0 Å². The lowest BCUT2D eigenvalue weighted by Crippen LogP contribution is -2.30. The summed E-state index contributed by atoms with van der Waals surface area (Å²) in [6, 6.07) is 7.06. The second-order valence-corrected chi connectivity index (χ2v) is 6.20. The molecule has 10 heteroatoms. The number of nitrogens with one attached hydrogen (secondary N) is 1. The van der Waals surface area contributed by atoms with Crippen molar-refractivity contribution in [2.24, 2.45) is 0 Å². The van der Waals surface area contributed by atoms with Gasteiger partial charge in [-0.05, 0) is 43.5 Å². The van der Waals surface area contributed by atoms with Crippen LogP contribution in [0.15, 0.2) is 29.6 Å². The van der Waals surface area contributed by atoms with E-state index in [2.05, 4.69) is 10.1 Å². The molecule has 2 rings (SSSR count). The molecule has 0 radical (unpaired) electrons. The van der Waals surface area contributed by atoms with E-state index < -0.39 is 24.6 Å². The molecule has 0 unspecified atom stereocenters. The van der Waals surface area contributed by atoms with Crippen LogP contribution in [0.25, 0.3) is 0 Å². The van der Waals surface area contributed by atoms with Crippen molar-refractivity contribution < 1.29 is 32.6 Å². The molecule has 0 bridgehead atoms. The zero-order valence-electron chi connectivity index (χ0n) is 14.9. The Hall–Kier alpha value is -3.19. The highest BCUT2D eigenvalue weighted by Gasteiger charge is 2.22. The first-order valence-electron chi connectivity index (χ1n) is 8.06. The third-order valence-corrected chi connectivity index (χ3v) is 4.20. The van der Waals surface area contributed by atoms with Gasteiger partial charge in [-0.2, -0.15) is 14.0 Å². The number of rotatable bonds is 8. The van der Waals surface area contributed by atoms with Crippen LogP contribution in [0.5, 0.6) is 11.5 Å². The predicted molar refractivity (Wildman–Crippen MR) is 96.8 cm³/mol. The van der Waals surface area contributed by atoms with Crippen LogP contribution in [-0.4, -0.2) is 31.2 Å². The van der Waals surface area contributed by atoms with Crippen LogP contribution in [0.2, 0.25) is 0 Å². The highest BCUT2D eigenvalue weighted by Crippen LogP contribution is 2.30. The minimum atomic E-state index is -3.05. The highest BCUT2D eigenvalue weighted by atomic mass is 32.1. The van der Waals surface area contributed by atoms with Crippen LogP contribution in [0.1, 0.15) is 29.8 Å². The first-order valence-corrected chi connectivity index (χ1v) is 8.94. The Balaban J connectivity index is 2.07. The third-order valence-electron chi connectivity index (χ3n) is 3.37. The number of nitriles is 1. The molecule has 1 N–H and O–H groups in total. The van der Waals surface area contributed by atoms with Crippen molar-refractivity contribution in [3.8, 4) is 17.6 Å². The summed E-state index contributed by atoms with van der Waals surface area (Å²) < 4.78 is 39.5. The van der Waals surface area contributed by atoms with Gasteiger partial charge in [0.15, 0.2) is 17.6 Å². The Kier molecular flexibility index (Phi) is 7.28. The molecule has 0 saturated carbocycles. The van der Waals surface area contributed by atoms with Crippen molar-refractivity contribution >= 4 is 28.2 Å². The number of anilines is 1.